The summed E-state index contributed by atoms with van der Waals surface area (Å²) in [6, 6.07) is 77.2. The van der Waals surface area contributed by atoms with E-state index < -0.39 is 5.41 Å². The van der Waals surface area contributed by atoms with Gasteiger partial charge in [-0.15, -0.1) is 0 Å². The van der Waals surface area contributed by atoms with E-state index in [1.54, 1.807) is 0 Å². The number of anilines is 3. The van der Waals surface area contributed by atoms with E-state index in [1.165, 1.54) is 55.6 Å². The Morgan fingerprint density at radius 2 is 0.840 bits per heavy atom. The number of para-hydroxylation sites is 1. The Bertz CT molecular complexity index is 2360. The van der Waals surface area contributed by atoms with E-state index in [1.807, 2.05) is 0 Å². The van der Waals surface area contributed by atoms with E-state index in [2.05, 4.69) is 217 Å². The molecule has 0 aromatic heterocycles. The molecule has 0 N–H and O–H groups in total. The lowest BCUT2D eigenvalue weighted by Gasteiger charge is -2.34. The number of fused-ring (bicyclic) bond motifs is 3. The Labute approximate surface area is 294 Å². The molecular weight excluding hydrogens is 603 g/mol. The van der Waals surface area contributed by atoms with Gasteiger partial charge in [0.05, 0.1) is 16.8 Å². The average molecular weight is 638 g/mol. The summed E-state index contributed by atoms with van der Waals surface area (Å²) in [5.74, 6) is 0. The van der Waals surface area contributed by atoms with Crippen molar-refractivity contribution in [2.45, 2.75) is 5.41 Å². The van der Waals surface area contributed by atoms with E-state index >= 15 is 0 Å². The second-order valence-electron chi connectivity index (χ2n) is 12.9. The van der Waals surface area contributed by atoms with Gasteiger partial charge < -0.3 is 4.90 Å². The van der Waals surface area contributed by atoms with Crippen molar-refractivity contribution in [1.82, 2.24) is 0 Å². The van der Waals surface area contributed by atoms with Crippen LogP contribution in [-0.4, -0.2) is 0 Å². The molecule has 0 spiro atoms. The molecule has 1 heteroatoms. The summed E-state index contributed by atoms with van der Waals surface area (Å²) in [4.78, 5) is 2.48. The van der Waals surface area contributed by atoms with E-state index in [0.717, 1.165) is 17.1 Å². The molecule has 8 aromatic rings. The van der Waals surface area contributed by atoms with E-state index in [-0.39, 0.29) is 0 Å². The molecule has 1 nitrogen and oxygen atoms in total. The normalized spacial score (nSPS) is 12.6. The van der Waals surface area contributed by atoms with Gasteiger partial charge in [0, 0.05) is 16.8 Å². The molecule has 8 aromatic carbocycles. The highest BCUT2D eigenvalue weighted by atomic mass is 15.1. The summed E-state index contributed by atoms with van der Waals surface area (Å²) in [7, 11) is 0. The minimum Gasteiger partial charge on any atom is -0.309 e. The minimum absolute atomic E-state index is 0.485. The van der Waals surface area contributed by atoms with Crippen molar-refractivity contribution in [2.24, 2.45) is 0 Å². The standard InChI is InChI=1S/C49H35N/c1-6-19-36(20-7-1)38-33-34-42(37-21-8-2-9-22-37)47(35-38)50(41-27-14-5-15-28-41)46-32-18-31-45-48(46)43-29-16-17-30-44(43)49(45,39-23-10-3-11-24-39)40-25-12-4-13-26-40/h1-35H. The summed E-state index contributed by atoms with van der Waals surface area (Å²) in [6.07, 6.45) is 0. The van der Waals surface area contributed by atoms with Crippen molar-refractivity contribution in [2.75, 3.05) is 4.90 Å². The second kappa shape index (κ2) is 12.5. The zero-order chi connectivity index (χ0) is 33.3. The molecular formula is C49H35N. The quantitative estimate of drug-likeness (QED) is 0.168. The van der Waals surface area contributed by atoms with Gasteiger partial charge in [-0.25, -0.2) is 0 Å². The van der Waals surface area contributed by atoms with Gasteiger partial charge in [0.25, 0.3) is 0 Å². The van der Waals surface area contributed by atoms with Gasteiger partial charge >= 0.3 is 0 Å². The van der Waals surface area contributed by atoms with E-state index in [4.69, 9.17) is 0 Å². The van der Waals surface area contributed by atoms with Crippen LogP contribution in [0.2, 0.25) is 0 Å². The molecule has 0 saturated heterocycles. The molecule has 0 radical (unpaired) electrons. The number of benzene rings is 8. The first-order chi connectivity index (χ1) is 24.8. The molecule has 0 unspecified atom stereocenters. The zero-order valence-corrected chi connectivity index (χ0v) is 27.7. The Morgan fingerprint density at radius 3 is 1.48 bits per heavy atom. The molecule has 0 amide bonds. The molecule has 9 rings (SSSR count). The van der Waals surface area contributed by atoms with Crippen LogP contribution in [-0.2, 0) is 5.41 Å². The maximum absolute atomic E-state index is 2.48. The molecule has 0 aliphatic heterocycles. The van der Waals surface area contributed by atoms with Gasteiger partial charge in [-0.1, -0.05) is 188 Å². The van der Waals surface area contributed by atoms with Crippen molar-refractivity contribution in [3.8, 4) is 33.4 Å². The fourth-order valence-electron chi connectivity index (χ4n) is 8.03. The molecule has 1 aliphatic rings. The van der Waals surface area contributed by atoms with Gasteiger partial charge in [0.2, 0.25) is 0 Å². The molecule has 236 valence electrons. The van der Waals surface area contributed by atoms with Crippen molar-refractivity contribution in [1.29, 1.82) is 0 Å². The predicted octanol–water partition coefficient (Wildman–Crippen LogP) is 12.9. The highest BCUT2D eigenvalue weighted by molar-refractivity contribution is 6.00. The van der Waals surface area contributed by atoms with E-state index in [0.29, 0.717) is 0 Å². The Morgan fingerprint density at radius 1 is 0.320 bits per heavy atom. The monoisotopic (exact) mass is 637 g/mol. The van der Waals surface area contributed by atoms with Crippen LogP contribution in [0.15, 0.2) is 212 Å². The van der Waals surface area contributed by atoms with Crippen molar-refractivity contribution in [3.63, 3.8) is 0 Å². The molecule has 0 fully saturated rings. The summed E-state index contributed by atoms with van der Waals surface area (Å²) in [5.41, 5.74) is 15.3. The van der Waals surface area contributed by atoms with Crippen LogP contribution in [0, 0.1) is 0 Å². The molecule has 0 saturated carbocycles. The maximum Gasteiger partial charge on any atom is 0.0714 e. The minimum atomic E-state index is -0.485. The van der Waals surface area contributed by atoms with Crippen molar-refractivity contribution >= 4 is 17.1 Å². The third-order valence-corrected chi connectivity index (χ3v) is 10.1. The highest BCUT2D eigenvalue weighted by Crippen LogP contribution is 2.59. The van der Waals surface area contributed by atoms with Crippen molar-refractivity contribution in [3.05, 3.63) is 235 Å². The Hall–Kier alpha value is -6.44. The van der Waals surface area contributed by atoms with Crippen LogP contribution < -0.4 is 4.90 Å². The topological polar surface area (TPSA) is 3.24 Å². The van der Waals surface area contributed by atoms with Gasteiger partial charge in [0.15, 0.2) is 0 Å². The van der Waals surface area contributed by atoms with Crippen LogP contribution in [0.5, 0.6) is 0 Å². The predicted molar refractivity (Wildman–Crippen MR) is 209 cm³/mol. The fourth-order valence-corrected chi connectivity index (χ4v) is 8.03. The molecule has 0 atom stereocenters. The maximum atomic E-state index is 2.48. The lowest BCUT2D eigenvalue weighted by Crippen LogP contribution is -2.28. The van der Waals surface area contributed by atoms with Crippen LogP contribution >= 0.6 is 0 Å². The van der Waals surface area contributed by atoms with Gasteiger partial charge in [-0.3, -0.25) is 0 Å². The third kappa shape index (κ3) is 4.78. The first-order valence-corrected chi connectivity index (χ1v) is 17.3. The highest BCUT2D eigenvalue weighted by Gasteiger charge is 2.47. The number of hydrogen-bond acceptors (Lipinski definition) is 1. The summed E-state index contributed by atoms with van der Waals surface area (Å²) >= 11 is 0. The van der Waals surface area contributed by atoms with Gasteiger partial charge in [-0.2, -0.15) is 0 Å². The van der Waals surface area contributed by atoms with Gasteiger partial charge in [-0.05, 0) is 68.8 Å². The first kappa shape index (κ1) is 29.7. The third-order valence-electron chi connectivity index (χ3n) is 10.1. The first-order valence-electron chi connectivity index (χ1n) is 17.3. The smallest absolute Gasteiger partial charge is 0.0714 e. The average Bonchev–Trinajstić information content (AvgIpc) is 3.51. The van der Waals surface area contributed by atoms with Crippen LogP contribution in [0.3, 0.4) is 0 Å². The van der Waals surface area contributed by atoms with Crippen LogP contribution in [0.1, 0.15) is 22.3 Å². The van der Waals surface area contributed by atoms with Crippen LogP contribution in [0.25, 0.3) is 33.4 Å². The van der Waals surface area contributed by atoms with E-state index in [9.17, 15) is 0 Å². The summed E-state index contributed by atoms with van der Waals surface area (Å²) < 4.78 is 0. The molecule has 50 heavy (non-hydrogen) atoms. The number of hydrogen-bond donors (Lipinski definition) is 0. The largest absolute Gasteiger partial charge is 0.309 e. The number of nitrogens with zero attached hydrogens (tertiary/aromatic N) is 1. The summed E-state index contributed by atoms with van der Waals surface area (Å²) in [5, 5.41) is 0. The second-order valence-corrected chi connectivity index (χ2v) is 12.9. The molecule has 0 heterocycles. The fraction of sp³-hybridized carbons (Fsp3) is 0.0204. The molecule has 0 bridgehead atoms. The summed E-state index contributed by atoms with van der Waals surface area (Å²) in [6.45, 7) is 0. The lowest BCUT2D eigenvalue weighted by molar-refractivity contribution is 0.768. The zero-order valence-electron chi connectivity index (χ0n) is 27.7. The van der Waals surface area contributed by atoms with Gasteiger partial charge in [0.1, 0.15) is 0 Å². The van der Waals surface area contributed by atoms with Crippen LogP contribution in [0.4, 0.5) is 17.1 Å². The SMILES string of the molecule is c1ccc(-c2ccc(-c3ccccc3)c(N(c3ccccc3)c3cccc4c3-c3ccccc3C4(c3ccccc3)c3ccccc3)c2)cc1. The Balaban J connectivity index is 1.39. The molecule has 1 aliphatic carbocycles. The number of rotatable bonds is 7. The Kier molecular flexibility index (Phi) is 7.44. The lowest BCUT2D eigenvalue weighted by atomic mass is 9.68. The van der Waals surface area contributed by atoms with Crippen molar-refractivity contribution < 1.29 is 0 Å².